The van der Waals surface area contributed by atoms with Gasteiger partial charge in [-0.1, -0.05) is 12.1 Å². The summed E-state index contributed by atoms with van der Waals surface area (Å²) in [5.41, 5.74) is 1.07. The van der Waals surface area contributed by atoms with Gasteiger partial charge in [0.2, 0.25) is 5.88 Å². The topological polar surface area (TPSA) is 46.2 Å². The van der Waals surface area contributed by atoms with Crippen LogP contribution in [0, 0.1) is 5.92 Å². The lowest BCUT2D eigenvalue weighted by molar-refractivity contribution is 0.211. The molecule has 0 bridgehead atoms. The molecular weight excluding hydrogens is 250 g/mol. The Labute approximate surface area is 119 Å². The van der Waals surface area contributed by atoms with Gasteiger partial charge in [0.05, 0.1) is 12.0 Å². The molecule has 2 aromatic rings. The molecule has 106 valence electrons. The van der Waals surface area contributed by atoms with Crippen molar-refractivity contribution in [2.45, 2.75) is 12.8 Å². The molecule has 1 aliphatic heterocycles. The van der Waals surface area contributed by atoms with Crippen LogP contribution in [0.15, 0.2) is 30.5 Å². The van der Waals surface area contributed by atoms with Gasteiger partial charge in [0.1, 0.15) is 0 Å². The van der Waals surface area contributed by atoms with Gasteiger partial charge in [0.15, 0.2) is 0 Å². The minimum absolute atomic E-state index is 0.634. The lowest BCUT2D eigenvalue weighted by atomic mass is 9.99. The van der Waals surface area contributed by atoms with Gasteiger partial charge in [-0.15, -0.1) is 0 Å². The fourth-order valence-corrected chi connectivity index (χ4v) is 2.76. The third-order valence-corrected chi connectivity index (χ3v) is 3.94. The monoisotopic (exact) mass is 271 g/mol. The standard InChI is InChI=1S/C16H21N3O/c1-17-14-4-2-3-13-7-10-19-16(15(13)14)20-11-12-5-8-18-9-6-12/h2-4,7,10,12,17-18H,5-6,8-9,11H2,1H3. The Hall–Kier alpha value is -1.81. The smallest absolute Gasteiger partial charge is 0.223 e. The van der Waals surface area contributed by atoms with Crippen molar-refractivity contribution in [2.24, 2.45) is 5.92 Å². The second-order valence-electron chi connectivity index (χ2n) is 5.27. The molecule has 0 saturated carbocycles. The molecule has 2 heterocycles. The SMILES string of the molecule is CNc1cccc2ccnc(OCC3CCNCC3)c12. The molecule has 1 aromatic heterocycles. The van der Waals surface area contributed by atoms with E-state index < -0.39 is 0 Å². The molecule has 0 unspecified atom stereocenters. The van der Waals surface area contributed by atoms with Crippen LogP contribution in [0.5, 0.6) is 5.88 Å². The first kappa shape index (κ1) is 13.2. The molecule has 20 heavy (non-hydrogen) atoms. The molecule has 1 aromatic carbocycles. The maximum Gasteiger partial charge on any atom is 0.223 e. The number of nitrogens with one attached hydrogen (secondary N) is 2. The van der Waals surface area contributed by atoms with Crippen molar-refractivity contribution in [3.8, 4) is 5.88 Å². The molecule has 0 aliphatic carbocycles. The predicted molar refractivity (Wildman–Crippen MR) is 82.4 cm³/mol. The number of hydrogen-bond donors (Lipinski definition) is 2. The zero-order valence-corrected chi connectivity index (χ0v) is 11.9. The maximum absolute atomic E-state index is 6.02. The predicted octanol–water partition coefficient (Wildman–Crippen LogP) is 2.65. The fourth-order valence-electron chi connectivity index (χ4n) is 2.76. The van der Waals surface area contributed by atoms with E-state index in [9.17, 15) is 0 Å². The van der Waals surface area contributed by atoms with Gasteiger partial charge in [0, 0.05) is 18.9 Å². The van der Waals surface area contributed by atoms with E-state index in [1.165, 1.54) is 12.8 Å². The van der Waals surface area contributed by atoms with Crippen LogP contribution >= 0.6 is 0 Å². The average molecular weight is 271 g/mol. The quantitative estimate of drug-likeness (QED) is 0.897. The minimum Gasteiger partial charge on any atom is -0.477 e. The number of benzene rings is 1. The Morgan fingerprint density at radius 3 is 2.95 bits per heavy atom. The molecule has 2 N–H and O–H groups in total. The Bertz CT molecular complexity index is 574. The lowest BCUT2D eigenvalue weighted by Crippen LogP contribution is -2.30. The van der Waals surface area contributed by atoms with Gasteiger partial charge in [0.25, 0.3) is 0 Å². The van der Waals surface area contributed by atoms with Crippen LogP contribution in [0.25, 0.3) is 10.8 Å². The lowest BCUT2D eigenvalue weighted by Gasteiger charge is -2.22. The molecule has 0 spiro atoms. The summed E-state index contributed by atoms with van der Waals surface area (Å²) in [7, 11) is 1.93. The summed E-state index contributed by atoms with van der Waals surface area (Å²) in [6, 6.07) is 8.22. The number of pyridine rings is 1. The highest BCUT2D eigenvalue weighted by molar-refractivity contribution is 5.97. The van der Waals surface area contributed by atoms with Gasteiger partial charge >= 0.3 is 0 Å². The van der Waals surface area contributed by atoms with E-state index >= 15 is 0 Å². The normalized spacial score (nSPS) is 16.2. The highest BCUT2D eigenvalue weighted by atomic mass is 16.5. The number of piperidine rings is 1. The molecule has 1 aliphatic rings. The minimum atomic E-state index is 0.634. The first-order chi connectivity index (χ1) is 9.88. The molecule has 1 saturated heterocycles. The van der Waals surface area contributed by atoms with Crippen LogP contribution in [-0.4, -0.2) is 31.7 Å². The number of fused-ring (bicyclic) bond motifs is 1. The molecule has 4 heteroatoms. The molecule has 0 radical (unpaired) electrons. The van der Waals surface area contributed by atoms with Crippen LogP contribution in [0.4, 0.5) is 5.69 Å². The largest absolute Gasteiger partial charge is 0.477 e. The van der Waals surface area contributed by atoms with Crippen LogP contribution in [-0.2, 0) is 0 Å². The molecule has 3 rings (SSSR count). The van der Waals surface area contributed by atoms with Crippen molar-refractivity contribution in [2.75, 3.05) is 32.1 Å². The van der Waals surface area contributed by atoms with Crippen LogP contribution in [0.2, 0.25) is 0 Å². The molecule has 0 atom stereocenters. The van der Waals surface area contributed by atoms with E-state index in [4.69, 9.17) is 4.74 Å². The van der Waals surface area contributed by atoms with Crippen molar-refractivity contribution >= 4 is 16.5 Å². The van der Waals surface area contributed by atoms with E-state index in [2.05, 4.69) is 27.8 Å². The maximum atomic E-state index is 6.02. The second-order valence-corrected chi connectivity index (χ2v) is 5.27. The van der Waals surface area contributed by atoms with Crippen LogP contribution < -0.4 is 15.4 Å². The van der Waals surface area contributed by atoms with E-state index in [0.29, 0.717) is 5.92 Å². The van der Waals surface area contributed by atoms with Gasteiger partial charge in [-0.05, 0) is 49.4 Å². The summed E-state index contributed by atoms with van der Waals surface area (Å²) in [5.74, 6) is 1.38. The van der Waals surface area contributed by atoms with Crippen LogP contribution in [0.3, 0.4) is 0 Å². The summed E-state index contributed by atoms with van der Waals surface area (Å²) in [6.07, 6.45) is 4.19. The zero-order valence-electron chi connectivity index (χ0n) is 11.9. The summed E-state index contributed by atoms with van der Waals surface area (Å²) in [6.45, 7) is 2.95. The van der Waals surface area contributed by atoms with Crippen molar-refractivity contribution in [3.63, 3.8) is 0 Å². The van der Waals surface area contributed by atoms with E-state index in [-0.39, 0.29) is 0 Å². The number of anilines is 1. The van der Waals surface area contributed by atoms with Crippen molar-refractivity contribution in [3.05, 3.63) is 30.5 Å². The number of nitrogens with zero attached hydrogens (tertiary/aromatic N) is 1. The van der Waals surface area contributed by atoms with Crippen molar-refractivity contribution < 1.29 is 4.74 Å². The Morgan fingerprint density at radius 2 is 2.15 bits per heavy atom. The van der Waals surface area contributed by atoms with Gasteiger partial charge in [-0.2, -0.15) is 0 Å². The number of ether oxygens (including phenoxy) is 1. The molecule has 4 nitrogen and oxygen atoms in total. The van der Waals surface area contributed by atoms with E-state index in [1.54, 1.807) is 0 Å². The third-order valence-electron chi connectivity index (χ3n) is 3.94. The highest BCUT2D eigenvalue weighted by Crippen LogP contribution is 2.30. The summed E-state index contributed by atoms with van der Waals surface area (Å²) >= 11 is 0. The Kier molecular flexibility index (Phi) is 4.02. The first-order valence-electron chi connectivity index (χ1n) is 7.27. The van der Waals surface area contributed by atoms with Crippen molar-refractivity contribution in [1.29, 1.82) is 0 Å². The summed E-state index contributed by atoms with van der Waals surface area (Å²) in [4.78, 5) is 4.42. The number of aromatic nitrogens is 1. The number of rotatable bonds is 4. The summed E-state index contributed by atoms with van der Waals surface area (Å²) < 4.78 is 6.02. The average Bonchev–Trinajstić information content (AvgIpc) is 2.53. The number of hydrogen-bond acceptors (Lipinski definition) is 4. The van der Waals surface area contributed by atoms with Gasteiger partial charge in [-0.3, -0.25) is 0 Å². The van der Waals surface area contributed by atoms with E-state index in [0.717, 1.165) is 42.0 Å². The zero-order chi connectivity index (χ0) is 13.8. The summed E-state index contributed by atoms with van der Waals surface area (Å²) in [5, 5.41) is 8.83. The molecule has 1 fully saturated rings. The Balaban J connectivity index is 1.83. The van der Waals surface area contributed by atoms with Gasteiger partial charge < -0.3 is 15.4 Å². The molecular formula is C16H21N3O. The molecule has 0 amide bonds. The first-order valence-corrected chi connectivity index (χ1v) is 7.27. The van der Waals surface area contributed by atoms with Crippen molar-refractivity contribution in [1.82, 2.24) is 10.3 Å². The van der Waals surface area contributed by atoms with E-state index in [1.807, 2.05) is 25.4 Å². The highest BCUT2D eigenvalue weighted by Gasteiger charge is 2.15. The van der Waals surface area contributed by atoms with Crippen LogP contribution in [0.1, 0.15) is 12.8 Å². The second kappa shape index (κ2) is 6.09. The fraction of sp³-hybridized carbons (Fsp3) is 0.438. The van der Waals surface area contributed by atoms with Gasteiger partial charge in [-0.25, -0.2) is 4.98 Å². The Morgan fingerprint density at radius 1 is 1.30 bits per heavy atom. The third kappa shape index (κ3) is 2.70.